The van der Waals surface area contributed by atoms with Crippen LogP contribution in [0.4, 0.5) is 22.7 Å². The van der Waals surface area contributed by atoms with E-state index in [1.165, 1.54) is 16.8 Å². The van der Waals surface area contributed by atoms with E-state index >= 15 is 0 Å². The third kappa shape index (κ3) is 1.95. The molecule has 106 valence electrons. The number of amides is 1. The van der Waals surface area contributed by atoms with Gasteiger partial charge in [0.05, 0.1) is 11.4 Å². The Morgan fingerprint density at radius 3 is 2.76 bits per heavy atom. The van der Waals surface area contributed by atoms with E-state index < -0.39 is 0 Å². The average Bonchev–Trinajstić information content (AvgIpc) is 2.90. The van der Waals surface area contributed by atoms with Gasteiger partial charge in [-0.15, -0.1) is 0 Å². The topological polar surface area (TPSA) is 58.4 Å². The lowest BCUT2D eigenvalue weighted by molar-refractivity contribution is -0.116. The van der Waals surface area contributed by atoms with E-state index in [1.807, 2.05) is 6.07 Å². The summed E-state index contributed by atoms with van der Waals surface area (Å²) in [6.07, 6.45) is 2.38. The number of carbonyl (C=O) groups excluding carboxylic acids is 1. The van der Waals surface area contributed by atoms with Gasteiger partial charge in [-0.3, -0.25) is 4.79 Å². The zero-order chi connectivity index (χ0) is 14.4. The maximum Gasteiger partial charge on any atom is 0.224 e. The molecule has 0 fully saturated rings. The van der Waals surface area contributed by atoms with E-state index in [0.717, 1.165) is 30.8 Å². The van der Waals surface area contributed by atoms with Gasteiger partial charge in [-0.2, -0.15) is 0 Å². The summed E-state index contributed by atoms with van der Waals surface area (Å²) < 4.78 is 0. The largest absolute Gasteiger partial charge is 0.397 e. The second kappa shape index (κ2) is 4.52. The SMILES string of the molecule is Nc1cc2c(cc1N1CCc3ccccc31)CCC(=O)N2. The third-order valence-corrected chi connectivity index (χ3v) is 4.33. The van der Waals surface area contributed by atoms with Crippen molar-refractivity contribution in [3.8, 4) is 0 Å². The second-order valence-electron chi connectivity index (χ2n) is 5.65. The minimum atomic E-state index is 0.0705. The van der Waals surface area contributed by atoms with Crippen molar-refractivity contribution in [2.75, 3.05) is 22.5 Å². The van der Waals surface area contributed by atoms with Crippen molar-refractivity contribution in [1.29, 1.82) is 0 Å². The number of hydrogen-bond donors (Lipinski definition) is 2. The van der Waals surface area contributed by atoms with Crippen LogP contribution in [0, 0.1) is 0 Å². The molecule has 3 N–H and O–H groups in total. The smallest absolute Gasteiger partial charge is 0.224 e. The van der Waals surface area contributed by atoms with Crippen LogP contribution in [0.5, 0.6) is 0 Å². The number of fused-ring (bicyclic) bond motifs is 2. The Kier molecular flexibility index (Phi) is 2.64. The molecule has 2 aliphatic heterocycles. The highest BCUT2D eigenvalue weighted by Gasteiger charge is 2.24. The monoisotopic (exact) mass is 279 g/mol. The van der Waals surface area contributed by atoms with Crippen LogP contribution >= 0.6 is 0 Å². The maximum atomic E-state index is 11.5. The van der Waals surface area contributed by atoms with Crippen molar-refractivity contribution < 1.29 is 4.79 Å². The second-order valence-corrected chi connectivity index (χ2v) is 5.65. The molecule has 0 bridgehead atoms. The van der Waals surface area contributed by atoms with Crippen LogP contribution in [-0.4, -0.2) is 12.5 Å². The van der Waals surface area contributed by atoms with Crippen LogP contribution in [0.3, 0.4) is 0 Å². The van der Waals surface area contributed by atoms with Crippen LogP contribution in [0.1, 0.15) is 17.5 Å². The Hall–Kier alpha value is -2.49. The first-order chi connectivity index (χ1) is 10.2. The number of hydrogen-bond acceptors (Lipinski definition) is 3. The first-order valence-corrected chi connectivity index (χ1v) is 7.30. The van der Waals surface area contributed by atoms with Gasteiger partial charge in [-0.25, -0.2) is 0 Å². The van der Waals surface area contributed by atoms with Gasteiger partial charge in [0.25, 0.3) is 0 Å². The molecule has 0 unspecified atom stereocenters. The van der Waals surface area contributed by atoms with Gasteiger partial charge in [0.1, 0.15) is 0 Å². The molecule has 4 heteroatoms. The molecular weight excluding hydrogens is 262 g/mol. The Balaban J connectivity index is 1.79. The molecule has 0 saturated carbocycles. The molecule has 21 heavy (non-hydrogen) atoms. The average molecular weight is 279 g/mol. The van der Waals surface area contributed by atoms with E-state index in [4.69, 9.17) is 5.73 Å². The summed E-state index contributed by atoms with van der Waals surface area (Å²) in [6.45, 7) is 0.953. The number of aryl methyl sites for hydroxylation is 1. The summed E-state index contributed by atoms with van der Waals surface area (Å²) in [5.41, 5.74) is 12.6. The Morgan fingerprint density at radius 2 is 1.86 bits per heavy atom. The zero-order valence-electron chi connectivity index (χ0n) is 11.7. The number of carbonyl (C=O) groups is 1. The lowest BCUT2D eigenvalue weighted by atomic mass is 10.0. The molecule has 0 radical (unpaired) electrons. The normalized spacial score (nSPS) is 16.4. The van der Waals surface area contributed by atoms with Crippen molar-refractivity contribution in [3.05, 3.63) is 47.5 Å². The molecule has 0 aliphatic carbocycles. The fraction of sp³-hybridized carbons (Fsp3) is 0.235. The summed E-state index contributed by atoms with van der Waals surface area (Å²) in [6, 6.07) is 12.5. The number of nitrogens with zero attached hydrogens (tertiary/aromatic N) is 1. The molecular formula is C17H17N3O. The molecule has 2 heterocycles. The van der Waals surface area contributed by atoms with Gasteiger partial charge in [0.15, 0.2) is 0 Å². The van der Waals surface area contributed by atoms with Gasteiger partial charge in [0, 0.05) is 24.3 Å². The van der Waals surface area contributed by atoms with Gasteiger partial charge in [-0.05, 0) is 42.2 Å². The fourth-order valence-electron chi connectivity index (χ4n) is 3.25. The van der Waals surface area contributed by atoms with Gasteiger partial charge >= 0.3 is 0 Å². The minimum absolute atomic E-state index is 0.0705. The summed E-state index contributed by atoms with van der Waals surface area (Å²) in [5, 5.41) is 2.90. The van der Waals surface area contributed by atoms with E-state index in [9.17, 15) is 4.79 Å². The molecule has 2 aliphatic rings. The number of rotatable bonds is 1. The minimum Gasteiger partial charge on any atom is -0.397 e. The summed E-state index contributed by atoms with van der Waals surface area (Å²) in [5.74, 6) is 0.0705. The van der Waals surface area contributed by atoms with Crippen LogP contribution in [0.2, 0.25) is 0 Å². The van der Waals surface area contributed by atoms with E-state index in [2.05, 4.69) is 40.5 Å². The highest BCUT2D eigenvalue weighted by molar-refractivity contribution is 5.96. The molecule has 2 aromatic carbocycles. The summed E-state index contributed by atoms with van der Waals surface area (Å²) >= 11 is 0. The van der Waals surface area contributed by atoms with Gasteiger partial charge < -0.3 is 16.0 Å². The predicted octanol–water partition coefficient (Wildman–Crippen LogP) is 2.85. The third-order valence-electron chi connectivity index (χ3n) is 4.33. The van der Waals surface area contributed by atoms with Crippen LogP contribution < -0.4 is 16.0 Å². The predicted molar refractivity (Wildman–Crippen MR) is 85.0 cm³/mol. The summed E-state index contributed by atoms with van der Waals surface area (Å²) in [4.78, 5) is 13.8. The quantitative estimate of drug-likeness (QED) is 0.789. The number of para-hydroxylation sites is 1. The number of nitrogens with one attached hydrogen (secondary N) is 1. The van der Waals surface area contributed by atoms with Crippen molar-refractivity contribution >= 4 is 28.7 Å². The summed E-state index contributed by atoms with van der Waals surface area (Å²) in [7, 11) is 0. The molecule has 2 aromatic rings. The van der Waals surface area contributed by atoms with E-state index in [-0.39, 0.29) is 5.91 Å². The molecule has 1 amide bonds. The van der Waals surface area contributed by atoms with Crippen LogP contribution in [-0.2, 0) is 17.6 Å². The zero-order valence-corrected chi connectivity index (χ0v) is 11.7. The highest BCUT2D eigenvalue weighted by atomic mass is 16.1. The first-order valence-electron chi connectivity index (χ1n) is 7.30. The fourth-order valence-corrected chi connectivity index (χ4v) is 3.25. The molecule has 0 aromatic heterocycles. The molecule has 0 spiro atoms. The lowest BCUT2D eigenvalue weighted by Crippen LogP contribution is -2.21. The van der Waals surface area contributed by atoms with Crippen LogP contribution in [0.25, 0.3) is 0 Å². The number of nitrogens with two attached hydrogens (primary N) is 1. The standard InChI is InChI=1S/C17H17N3O/c18-13-10-14-12(5-6-17(21)19-14)9-16(13)20-8-7-11-3-1-2-4-15(11)20/h1-4,9-10H,5-8,18H2,(H,19,21). The lowest BCUT2D eigenvalue weighted by Gasteiger charge is -2.25. The number of benzene rings is 2. The number of anilines is 4. The highest BCUT2D eigenvalue weighted by Crippen LogP contribution is 2.40. The van der Waals surface area contributed by atoms with Gasteiger partial charge in [-0.1, -0.05) is 18.2 Å². The first kappa shape index (κ1) is 12.3. The molecule has 0 saturated heterocycles. The molecule has 0 atom stereocenters. The van der Waals surface area contributed by atoms with Crippen molar-refractivity contribution in [2.45, 2.75) is 19.3 Å². The Morgan fingerprint density at radius 1 is 1.00 bits per heavy atom. The molecule has 4 nitrogen and oxygen atoms in total. The van der Waals surface area contributed by atoms with Gasteiger partial charge in [0.2, 0.25) is 5.91 Å². The van der Waals surface area contributed by atoms with E-state index in [1.54, 1.807) is 0 Å². The van der Waals surface area contributed by atoms with E-state index in [0.29, 0.717) is 12.1 Å². The van der Waals surface area contributed by atoms with Crippen molar-refractivity contribution in [3.63, 3.8) is 0 Å². The Bertz CT molecular complexity index is 739. The maximum absolute atomic E-state index is 11.5. The van der Waals surface area contributed by atoms with Crippen LogP contribution in [0.15, 0.2) is 36.4 Å². The Labute approximate surface area is 123 Å². The number of nitrogen functional groups attached to an aromatic ring is 1. The molecule has 4 rings (SSSR count). The van der Waals surface area contributed by atoms with Crippen molar-refractivity contribution in [2.24, 2.45) is 0 Å². The van der Waals surface area contributed by atoms with Crippen molar-refractivity contribution in [1.82, 2.24) is 0 Å².